The monoisotopic (exact) mass is 357 g/mol. The number of nitrogens with zero attached hydrogens (tertiary/aromatic N) is 3. The first kappa shape index (κ1) is 15.1. The molecule has 4 rings (SSSR count). The van der Waals surface area contributed by atoms with Crippen LogP contribution in [0.4, 0.5) is 0 Å². The van der Waals surface area contributed by atoms with Crippen LogP contribution >= 0.6 is 22.9 Å². The van der Waals surface area contributed by atoms with Crippen LogP contribution in [-0.4, -0.2) is 14.5 Å². The summed E-state index contributed by atoms with van der Waals surface area (Å²) in [6.07, 6.45) is 1.53. The summed E-state index contributed by atoms with van der Waals surface area (Å²) in [6, 6.07) is 8.98. The van der Waals surface area contributed by atoms with Crippen LogP contribution in [-0.2, 0) is 6.54 Å². The zero-order valence-corrected chi connectivity index (χ0v) is 14.3. The van der Waals surface area contributed by atoms with Crippen LogP contribution in [0.2, 0.25) is 5.02 Å². The number of fused-ring (bicyclic) bond motifs is 1. The number of rotatable bonds is 3. The standard InChI is InChI=1S/C17H12ClN3O2S/c1-10-14(20-16(23-10)15-3-2-6-24-15)8-21-9-19-13-5-4-11(18)7-12(13)17(21)22/h2-7,9H,8H2,1H3. The van der Waals surface area contributed by atoms with E-state index in [1.54, 1.807) is 29.5 Å². The maximum absolute atomic E-state index is 12.6. The van der Waals surface area contributed by atoms with Crippen LogP contribution in [0.15, 0.2) is 51.3 Å². The van der Waals surface area contributed by atoms with E-state index in [0.29, 0.717) is 39.8 Å². The maximum Gasteiger partial charge on any atom is 0.261 e. The molecule has 0 amide bonds. The topological polar surface area (TPSA) is 60.9 Å². The van der Waals surface area contributed by atoms with Gasteiger partial charge in [-0.15, -0.1) is 11.3 Å². The van der Waals surface area contributed by atoms with Crippen molar-refractivity contribution < 1.29 is 4.42 Å². The normalized spacial score (nSPS) is 11.2. The smallest absolute Gasteiger partial charge is 0.261 e. The molecule has 0 aliphatic carbocycles. The molecule has 0 bridgehead atoms. The highest BCUT2D eigenvalue weighted by molar-refractivity contribution is 7.13. The lowest BCUT2D eigenvalue weighted by Gasteiger charge is -2.05. The lowest BCUT2D eigenvalue weighted by atomic mass is 10.2. The molecular weight excluding hydrogens is 346 g/mol. The fourth-order valence-electron chi connectivity index (χ4n) is 2.49. The van der Waals surface area contributed by atoms with Crippen molar-refractivity contribution in [3.8, 4) is 10.8 Å². The van der Waals surface area contributed by atoms with E-state index < -0.39 is 0 Å². The molecule has 24 heavy (non-hydrogen) atoms. The van der Waals surface area contributed by atoms with Gasteiger partial charge in [-0.3, -0.25) is 9.36 Å². The number of thiophene rings is 1. The first-order valence-electron chi connectivity index (χ1n) is 7.27. The zero-order valence-electron chi connectivity index (χ0n) is 12.7. The number of benzene rings is 1. The van der Waals surface area contributed by atoms with E-state index in [1.165, 1.54) is 10.9 Å². The second-order valence-corrected chi connectivity index (χ2v) is 6.72. The van der Waals surface area contributed by atoms with E-state index in [4.69, 9.17) is 16.0 Å². The Balaban J connectivity index is 1.75. The van der Waals surface area contributed by atoms with Crippen molar-refractivity contribution in [2.75, 3.05) is 0 Å². The minimum absolute atomic E-state index is 0.150. The molecule has 0 radical (unpaired) electrons. The zero-order chi connectivity index (χ0) is 16.7. The van der Waals surface area contributed by atoms with Crippen molar-refractivity contribution in [2.24, 2.45) is 0 Å². The Morgan fingerprint density at radius 1 is 1.33 bits per heavy atom. The first-order chi connectivity index (χ1) is 11.6. The van der Waals surface area contributed by atoms with Gasteiger partial charge in [-0.25, -0.2) is 9.97 Å². The molecule has 0 spiro atoms. The number of aryl methyl sites for hydroxylation is 1. The summed E-state index contributed by atoms with van der Waals surface area (Å²) in [4.78, 5) is 22.4. The van der Waals surface area contributed by atoms with Gasteiger partial charge in [0.25, 0.3) is 5.56 Å². The molecule has 7 heteroatoms. The van der Waals surface area contributed by atoms with Gasteiger partial charge in [-0.1, -0.05) is 17.7 Å². The summed E-state index contributed by atoms with van der Waals surface area (Å²) in [6.45, 7) is 2.14. The molecular formula is C17H12ClN3O2S. The van der Waals surface area contributed by atoms with Crippen LogP contribution in [0.25, 0.3) is 21.7 Å². The van der Waals surface area contributed by atoms with Gasteiger partial charge in [0.05, 0.1) is 28.7 Å². The molecule has 0 atom stereocenters. The maximum atomic E-state index is 12.6. The molecule has 0 fully saturated rings. The minimum atomic E-state index is -0.150. The van der Waals surface area contributed by atoms with E-state index in [0.717, 1.165) is 4.88 Å². The molecule has 0 N–H and O–H groups in total. The van der Waals surface area contributed by atoms with E-state index in [-0.39, 0.29) is 5.56 Å². The average molecular weight is 358 g/mol. The largest absolute Gasteiger partial charge is 0.440 e. The molecule has 4 aromatic rings. The van der Waals surface area contributed by atoms with Crippen LogP contribution < -0.4 is 5.56 Å². The first-order valence-corrected chi connectivity index (χ1v) is 8.52. The van der Waals surface area contributed by atoms with Gasteiger partial charge in [0.15, 0.2) is 0 Å². The Morgan fingerprint density at radius 3 is 3.00 bits per heavy atom. The van der Waals surface area contributed by atoms with Gasteiger partial charge in [-0.2, -0.15) is 0 Å². The van der Waals surface area contributed by atoms with Gasteiger partial charge >= 0.3 is 0 Å². The molecule has 0 aliphatic heterocycles. The van der Waals surface area contributed by atoms with Crippen molar-refractivity contribution >= 4 is 33.8 Å². The number of halogens is 1. The van der Waals surface area contributed by atoms with Gasteiger partial charge in [0.1, 0.15) is 11.5 Å². The Morgan fingerprint density at radius 2 is 2.21 bits per heavy atom. The Hall–Kier alpha value is -2.44. The third-order valence-electron chi connectivity index (χ3n) is 3.73. The van der Waals surface area contributed by atoms with Crippen LogP contribution in [0.3, 0.4) is 0 Å². The van der Waals surface area contributed by atoms with Gasteiger partial charge in [0.2, 0.25) is 5.89 Å². The summed E-state index contributed by atoms with van der Waals surface area (Å²) in [5.41, 5.74) is 1.18. The van der Waals surface area contributed by atoms with E-state index in [2.05, 4.69) is 9.97 Å². The molecule has 120 valence electrons. The van der Waals surface area contributed by atoms with E-state index in [1.807, 2.05) is 24.4 Å². The Kier molecular flexibility index (Phi) is 3.70. The molecule has 1 aromatic carbocycles. The summed E-state index contributed by atoms with van der Waals surface area (Å²) in [5, 5.41) is 2.97. The van der Waals surface area contributed by atoms with Crippen LogP contribution in [0.1, 0.15) is 11.5 Å². The molecule has 3 heterocycles. The SMILES string of the molecule is Cc1oc(-c2cccs2)nc1Cn1cnc2ccc(Cl)cc2c1=O. The molecule has 3 aromatic heterocycles. The van der Waals surface area contributed by atoms with E-state index >= 15 is 0 Å². The van der Waals surface area contributed by atoms with Crippen molar-refractivity contribution in [1.29, 1.82) is 0 Å². The lowest BCUT2D eigenvalue weighted by Crippen LogP contribution is -2.21. The predicted octanol–water partition coefficient (Wildman–Crippen LogP) is 4.12. The van der Waals surface area contributed by atoms with Crippen LogP contribution in [0.5, 0.6) is 0 Å². The number of hydrogen-bond donors (Lipinski definition) is 0. The average Bonchev–Trinajstić information content (AvgIpc) is 3.21. The molecule has 0 saturated carbocycles. The fraction of sp³-hybridized carbons (Fsp3) is 0.118. The van der Waals surface area contributed by atoms with Gasteiger partial charge < -0.3 is 4.42 Å². The fourth-order valence-corrected chi connectivity index (χ4v) is 3.31. The molecule has 0 aliphatic rings. The molecule has 0 saturated heterocycles. The second kappa shape index (κ2) is 5.89. The Labute approximate surface area is 146 Å². The highest BCUT2D eigenvalue weighted by Crippen LogP contribution is 2.26. The van der Waals surface area contributed by atoms with Crippen molar-refractivity contribution in [2.45, 2.75) is 13.5 Å². The van der Waals surface area contributed by atoms with Crippen molar-refractivity contribution in [1.82, 2.24) is 14.5 Å². The molecule has 5 nitrogen and oxygen atoms in total. The predicted molar refractivity (Wildman–Crippen MR) is 94.7 cm³/mol. The summed E-state index contributed by atoms with van der Waals surface area (Å²) in [5.74, 6) is 1.26. The third-order valence-corrected chi connectivity index (χ3v) is 4.82. The summed E-state index contributed by atoms with van der Waals surface area (Å²) < 4.78 is 7.24. The summed E-state index contributed by atoms with van der Waals surface area (Å²) >= 11 is 7.55. The molecule has 0 unspecified atom stereocenters. The summed E-state index contributed by atoms with van der Waals surface area (Å²) in [7, 11) is 0. The lowest BCUT2D eigenvalue weighted by molar-refractivity contribution is 0.538. The minimum Gasteiger partial charge on any atom is -0.440 e. The van der Waals surface area contributed by atoms with E-state index in [9.17, 15) is 4.79 Å². The van der Waals surface area contributed by atoms with Crippen LogP contribution in [0, 0.1) is 6.92 Å². The number of oxazole rings is 1. The van der Waals surface area contributed by atoms with Gasteiger partial charge in [-0.05, 0) is 36.6 Å². The second-order valence-electron chi connectivity index (χ2n) is 5.34. The highest BCUT2D eigenvalue weighted by Gasteiger charge is 2.14. The van der Waals surface area contributed by atoms with Gasteiger partial charge in [0, 0.05) is 5.02 Å². The van der Waals surface area contributed by atoms with Crippen molar-refractivity contribution in [3.05, 3.63) is 68.9 Å². The highest BCUT2D eigenvalue weighted by atomic mass is 35.5. The quantitative estimate of drug-likeness (QED) is 0.553. The third kappa shape index (κ3) is 2.64. The number of hydrogen-bond acceptors (Lipinski definition) is 5. The van der Waals surface area contributed by atoms with Crippen molar-refractivity contribution in [3.63, 3.8) is 0 Å². The number of aromatic nitrogens is 3. The Bertz CT molecular complexity index is 1080.